The van der Waals surface area contributed by atoms with Crippen molar-refractivity contribution in [3.8, 4) is 23.0 Å². The van der Waals surface area contributed by atoms with Gasteiger partial charge in [-0.2, -0.15) is 0 Å². The quantitative estimate of drug-likeness (QED) is 0.240. The standard InChI is InChI=1S/C27H25BrN2O7/c1-34-19-6-5-16(11-18(19)28)24(31)22-23(17-12-20(35-2)26(37-4)21(13-17)36-3)30(27(33)25(22)32)14-15-7-9-29-10-8-15/h5-13,23,31H,14H2,1-4H3/b24-22+. The van der Waals surface area contributed by atoms with Crippen molar-refractivity contribution in [2.75, 3.05) is 28.4 Å². The SMILES string of the molecule is COc1ccc(/C(O)=C2\C(=O)C(=O)N(Cc3ccncc3)C2c2cc(OC)c(OC)c(OC)c2)cc1Br. The van der Waals surface area contributed by atoms with Crippen LogP contribution in [0.25, 0.3) is 5.76 Å². The Bertz CT molecular complexity index is 1350. The van der Waals surface area contributed by atoms with Crippen LogP contribution in [0.5, 0.6) is 23.0 Å². The number of aromatic nitrogens is 1. The lowest BCUT2D eigenvalue weighted by molar-refractivity contribution is -0.140. The summed E-state index contributed by atoms with van der Waals surface area (Å²) in [6.45, 7) is 0.109. The number of hydrogen-bond acceptors (Lipinski definition) is 8. The van der Waals surface area contributed by atoms with Gasteiger partial charge in [-0.25, -0.2) is 0 Å². The van der Waals surface area contributed by atoms with E-state index in [-0.39, 0.29) is 17.9 Å². The Balaban J connectivity index is 1.95. The summed E-state index contributed by atoms with van der Waals surface area (Å²) >= 11 is 3.41. The predicted molar refractivity (Wildman–Crippen MR) is 139 cm³/mol. The molecule has 192 valence electrons. The van der Waals surface area contributed by atoms with Gasteiger partial charge in [0.15, 0.2) is 11.5 Å². The molecule has 1 saturated heterocycles. The number of carbonyl (C=O) groups is 2. The lowest BCUT2D eigenvalue weighted by atomic mass is 9.94. The molecular weight excluding hydrogens is 544 g/mol. The third-order valence-electron chi connectivity index (χ3n) is 6.07. The molecule has 0 saturated carbocycles. The van der Waals surface area contributed by atoms with E-state index in [9.17, 15) is 14.7 Å². The Morgan fingerprint density at radius 2 is 1.54 bits per heavy atom. The van der Waals surface area contributed by atoms with Gasteiger partial charge in [0.05, 0.1) is 44.5 Å². The van der Waals surface area contributed by atoms with Crippen LogP contribution < -0.4 is 18.9 Å². The average Bonchev–Trinajstić information content (AvgIpc) is 3.17. The van der Waals surface area contributed by atoms with Crippen LogP contribution in [0.1, 0.15) is 22.7 Å². The van der Waals surface area contributed by atoms with Crippen molar-refractivity contribution in [2.24, 2.45) is 0 Å². The Hall–Kier alpha value is -4.05. The highest BCUT2D eigenvalue weighted by molar-refractivity contribution is 9.10. The summed E-state index contributed by atoms with van der Waals surface area (Å²) in [5, 5.41) is 11.4. The Kier molecular flexibility index (Phi) is 7.68. The number of ketones is 1. The number of aliphatic hydroxyl groups excluding tert-OH is 1. The molecule has 9 nitrogen and oxygen atoms in total. The highest BCUT2D eigenvalue weighted by atomic mass is 79.9. The van der Waals surface area contributed by atoms with E-state index < -0.39 is 17.7 Å². The number of amides is 1. The van der Waals surface area contributed by atoms with Crippen LogP contribution >= 0.6 is 15.9 Å². The molecule has 1 aliphatic rings. The third-order valence-corrected chi connectivity index (χ3v) is 6.69. The predicted octanol–water partition coefficient (Wildman–Crippen LogP) is 4.50. The molecule has 4 rings (SSSR count). The number of ether oxygens (including phenoxy) is 4. The first-order valence-electron chi connectivity index (χ1n) is 11.2. The topological polar surface area (TPSA) is 107 Å². The molecule has 1 fully saturated rings. The van der Waals surface area contributed by atoms with Crippen molar-refractivity contribution in [3.05, 3.63) is 81.6 Å². The van der Waals surface area contributed by atoms with Gasteiger partial charge < -0.3 is 29.0 Å². The van der Waals surface area contributed by atoms with Crippen molar-refractivity contribution in [1.82, 2.24) is 9.88 Å². The van der Waals surface area contributed by atoms with E-state index in [1.54, 1.807) is 54.9 Å². The molecule has 1 unspecified atom stereocenters. The second-order valence-electron chi connectivity index (χ2n) is 8.09. The monoisotopic (exact) mass is 568 g/mol. The molecule has 0 bridgehead atoms. The zero-order chi connectivity index (χ0) is 26.7. The maximum atomic E-state index is 13.4. The van der Waals surface area contributed by atoms with E-state index >= 15 is 0 Å². The number of pyridine rings is 1. The van der Waals surface area contributed by atoms with Crippen LogP contribution in [-0.4, -0.2) is 55.1 Å². The molecule has 1 atom stereocenters. The molecule has 1 aliphatic heterocycles. The fraction of sp³-hybridized carbons (Fsp3) is 0.222. The third kappa shape index (κ3) is 4.84. The van der Waals surface area contributed by atoms with Crippen LogP contribution in [0.4, 0.5) is 0 Å². The number of Topliss-reactive ketones (excluding diaryl/α,β-unsaturated/α-hetero) is 1. The van der Waals surface area contributed by atoms with Crippen LogP contribution in [0.15, 0.2) is 64.9 Å². The Morgan fingerprint density at radius 1 is 0.919 bits per heavy atom. The van der Waals surface area contributed by atoms with Gasteiger partial charge in [-0.15, -0.1) is 0 Å². The van der Waals surface area contributed by atoms with E-state index in [1.165, 1.54) is 33.3 Å². The molecule has 0 aliphatic carbocycles. The number of halogens is 1. The first-order valence-corrected chi connectivity index (χ1v) is 11.9. The fourth-order valence-electron chi connectivity index (χ4n) is 4.30. The lowest BCUT2D eigenvalue weighted by Crippen LogP contribution is -2.29. The molecule has 3 aromatic rings. The maximum absolute atomic E-state index is 13.4. The first-order chi connectivity index (χ1) is 17.8. The van der Waals surface area contributed by atoms with E-state index in [4.69, 9.17) is 18.9 Å². The van der Waals surface area contributed by atoms with Crippen molar-refractivity contribution in [3.63, 3.8) is 0 Å². The number of hydrogen-bond donors (Lipinski definition) is 1. The molecule has 10 heteroatoms. The van der Waals surface area contributed by atoms with Crippen LogP contribution in [0, 0.1) is 0 Å². The van der Waals surface area contributed by atoms with Gasteiger partial charge in [0.1, 0.15) is 11.5 Å². The number of aliphatic hydroxyl groups is 1. The Morgan fingerprint density at radius 3 is 2.08 bits per heavy atom. The normalized spacial score (nSPS) is 16.6. The van der Waals surface area contributed by atoms with Crippen LogP contribution in [0.3, 0.4) is 0 Å². The van der Waals surface area contributed by atoms with E-state index in [2.05, 4.69) is 20.9 Å². The molecule has 2 aromatic carbocycles. The van der Waals surface area contributed by atoms with Gasteiger partial charge in [0.25, 0.3) is 11.7 Å². The number of carbonyl (C=O) groups excluding carboxylic acids is 2. The van der Waals surface area contributed by atoms with Crippen molar-refractivity contribution in [1.29, 1.82) is 0 Å². The average molecular weight is 569 g/mol. The van der Waals surface area contributed by atoms with Crippen LogP contribution in [0.2, 0.25) is 0 Å². The summed E-state index contributed by atoms with van der Waals surface area (Å²) in [6, 6.07) is 10.8. The summed E-state index contributed by atoms with van der Waals surface area (Å²) in [5.41, 5.74) is 1.54. The zero-order valence-corrected chi connectivity index (χ0v) is 22.2. The summed E-state index contributed by atoms with van der Waals surface area (Å²) in [5.74, 6) is -0.272. The highest BCUT2D eigenvalue weighted by Gasteiger charge is 2.46. The van der Waals surface area contributed by atoms with Gasteiger partial charge in [0.2, 0.25) is 5.75 Å². The molecule has 2 heterocycles. The summed E-state index contributed by atoms with van der Waals surface area (Å²) in [6.07, 6.45) is 3.21. The van der Waals surface area contributed by atoms with E-state index in [0.717, 1.165) is 5.56 Å². The second kappa shape index (κ2) is 10.9. The molecule has 1 aromatic heterocycles. The smallest absolute Gasteiger partial charge is 0.295 e. The van der Waals surface area contributed by atoms with Gasteiger partial charge in [-0.3, -0.25) is 14.6 Å². The number of benzene rings is 2. The number of nitrogens with zero attached hydrogens (tertiary/aromatic N) is 2. The lowest BCUT2D eigenvalue weighted by Gasteiger charge is -2.26. The number of likely N-dealkylation sites (tertiary alicyclic amines) is 1. The maximum Gasteiger partial charge on any atom is 0.295 e. The van der Waals surface area contributed by atoms with Gasteiger partial charge in [0, 0.05) is 24.5 Å². The summed E-state index contributed by atoms with van der Waals surface area (Å²) in [7, 11) is 5.96. The molecule has 37 heavy (non-hydrogen) atoms. The highest BCUT2D eigenvalue weighted by Crippen LogP contribution is 2.46. The molecule has 1 amide bonds. The molecule has 0 spiro atoms. The summed E-state index contributed by atoms with van der Waals surface area (Å²) < 4.78 is 22.3. The Labute approximate surface area is 222 Å². The van der Waals surface area contributed by atoms with E-state index in [1.807, 2.05) is 0 Å². The molecular formula is C27H25BrN2O7. The number of methoxy groups -OCH3 is 4. The minimum Gasteiger partial charge on any atom is -0.507 e. The van der Waals surface area contributed by atoms with Crippen molar-refractivity contribution in [2.45, 2.75) is 12.6 Å². The first kappa shape index (κ1) is 26.0. The van der Waals surface area contributed by atoms with Crippen molar-refractivity contribution >= 4 is 33.4 Å². The van der Waals surface area contributed by atoms with Crippen LogP contribution in [-0.2, 0) is 16.1 Å². The zero-order valence-electron chi connectivity index (χ0n) is 20.6. The molecule has 1 N–H and O–H groups in total. The summed E-state index contributed by atoms with van der Waals surface area (Å²) in [4.78, 5) is 32.2. The second-order valence-corrected chi connectivity index (χ2v) is 8.94. The fourth-order valence-corrected chi connectivity index (χ4v) is 4.84. The largest absolute Gasteiger partial charge is 0.507 e. The minimum atomic E-state index is -0.942. The van der Waals surface area contributed by atoms with Gasteiger partial charge in [-0.05, 0) is 69.5 Å². The van der Waals surface area contributed by atoms with Gasteiger partial charge in [-0.1, -0.05) is 0 Å². The van der Waals surface area contributed by atoms with Crippen molar-refractivity contribution < 1.29 is 33.6 Å². The van der Waals surface area contributed by atoms with E-state index in [0.29, 0.717) is 38.6 Å². The minimum absolute atomic E-state index is 0.0644. The van der Waals surface area contributed by atoms with Gasteiger partial charge >= 0.3 is 0 Å². The number of rotatable bonds is 8. The molecule has 0 radical (unpaired) electrons.